The minimum atomic E-state index is 0.869. The summed E-state index contributed by atoms with van der Waals surface area (Å²) in [5.41, 5.74) is 19.0. The van der Waals surface area contributed by atoms with Crippen LogP contribution < -0.4 is 9.80 Å². The van der Waals surface area contributed by atoms with Crippen LogP contribution in [-0.2, 0) is 0 Å². The normalized spacial score (nSPS) is 11.9. The Kier molecular flexibility index (Phi) is 8.37. The fraction of sp³-hybridized carbons (Fsp3) is 0.123. The maximum Gasteiger partial charge on any atom is 0.139 e. The molecule has 0 aliphatic rings. The number of fused-ring (bicyclic) bond motifs is 8. The molecule has 2 aromatic heterocycles. The molecule has 0 aliphatic carbocycles. The fourth-order valence-corrected chi connectivity index (χ4v) is 9.85. The van der Waals surface area contributed by atoms with Crippen molar-refractivity contribution in [1.82, 2.24) is 0 Å². The maximum atomic E-state index is 6.83. The lowest BCUT2D eigenvalue weighted by Crippen LogP contribution is -2.14. The van der Waals surface area contributed by atoms with Gasteiger partial charge in [0, 0.05) is 49.9 Å². The first kappa shape index (κ1) is 36.8. The van der Waals surface area contributed by atoms with E-state index in [0.29, 0.717) is 0 Å². The SMILES string of the molecule is Cc1ccccc1N(c1ccc2cc3c(cc2c1)oc1c(C)c2c(cc13)oc1cc3cc(N(c4ccccc4C)c4c(C)cccc4C)ccc3cc12)c1c(C)cccc1C. The predicted octanol–water partition coefficient (Wildman–Crippen LogP) is 16.9. The van der Waals surface area contributed by atoms with Gasteiger partial charge in [0.15, 0.2) is 0 Å². The first-order valence-corrected chi connectivity index (χ1v) is 21.2. The van der Waals surface area contributed by atoms with Crippen LogP contribution in [0.5, 0.6) is 0 Å². The van der Waals surface area contributed by atoms with Crippen LogP contribution in [0.4, 0.5) is 34.1 Å². The number of hydrogen-bond acceptors (Lipinski definition) is 4. The van der Waals surface area contributed by atoms with E-state index in [1.54, 1.807) is 0 Å². The second-order valence-corrected chi connectivity index (χ2v) is 16.9. The Morgan fingerprint density at radius 3 is 1.31 bits per heavy atom. The number of furan rings is 2. The molecule has 0 radical (unpaired) electrons. The van der Waals surface area contributed by atoms with E-state index >= 15 is 0 Å². The van der Waals surface area contributed by atoms with Gasteiger partial charge in [0.05, 0.1) is 11.4 Å². The summed E-state index contributed by atoms with van der Waals surface area (Å²) in [4.78, 5) is 4.81. The summed E-state index contributed by atoms with van der Waals surface area (Å²) in [7, 11) is 0. The molecular formula is C57H46N2O2. The van der Waals surface area contributed by atoms with Crippen molar-refractivity contribution in [3.63, 3.8) is 0 Å². The molecule has 11 aromatic rings. The zero-order valence-corrected chi connectivity index (χ0v) is 35.6. The zero-order valence-electron chi connectivity index (χ0n) is 35.6. The van der Waals surface area contributed by atoms with E-state index in [-0.39, 0.29) is 0 Å². The van der Waals surface area contributed by atoms with Crippen molar-refractivity contribution >= 4 is 99.5 Å². The van der Waals surface area contributed by atoms with Crippen LogP contribution in [0.2, 0.25) is 0 Å². The predicted molar refractivity (Wildman–Crippen MR) is 259 cm³/mol. The molecular weight excluding hydrogens is 745 g/mol. The molecule has 4 nitrogen and oxygen atoms in total. The number of aryl methyl sites for hydroxylation is 7. The molecule has 0 amide bonds. The Hall–Kier alpha value is -7.30. The number of hydrogen-bond donors (Lipinski definition) is 0. The molecule has 4 heteroatoms. The lowest BCUT2D eigenvalue weighted by Gasteiger charge is -2.30. The smallest absolute Gasteiger partial charge is 0.139 e. The van der Waals surface area contributed by atoms with Crippen LogP contribution >= 0.6 is 0 Å². The van der Waals surface area contributed by atoms with Crippen molar-refractivity contribution < 1.29 is 8.83 Å². The Bertz CT molecular complexity index is 3430. The van der Waals surface area contributed by atoms with Crippen molar-refractivity contribution in [2.24, 2.45) is 0 Å². The quantitative estimate of drug-likeness (QED) is 0.168. The van der Waals surface area contributed by atoms with Gasteiger partial charge in [-0.15, -0.1) is 0 Å². The minimum absolute atomic E-state index is 0.869. The van der Waals surface area contributed by atoms with E-state index in [0.717, 1.165) is 82.4 Å². The highest BCUT2D eigenvalue weighted by molar-refractivity contribution is 6.20. The molecule has 0 saturated heterocycles. The maximum absolute atomic E-state index is 6.83. The zero-order chi connectivity index (χ0) is 41.7. The highest BCUT2D eigenvalue weighted by atomic mass is 16.3. The van der Waals surface area contributed by atoms with Crippen molar-refractivity contribution in [2.75, 3.05) is 9.80 Å². The molecule has 0 unspecified atom stereocenters. The second kappa shape index (κ2) is 13.9. The van der Waals surface area contributed by atoms with E-state index in [1.807, 2.05) is 0 Å². The van der Waals surface area contributed by atoms with Gasteiger partial charge in [-0.1, -0.05) is 84.9 Å². The van der Waals surface area contributed by atoms with Crippen molar-refractivity contribution in [2.45, 2.75) is 48.5 Å². The van der Waals surface area contributed by atoms with Crippen LogP contribution in [0.1, 0.15) is 38.9 Å². The van der Waals surface area contributed by atoms with Gasteiger partial charge in [0.25, 0.3) is 0 Å². The Morgan fingerprint density at radius 2 is 0.803 bits per heavy atom. The highest BCUT2D eigenvalue weighted by Crippen LogP contribution is 2.46. The summed E-state index contributed by atoms with van der Waals surface area (Å²) in [5, 5.41) is 8.93. The average Bonchev–Trinajstić information content (AvgIpc) is 3.79. The second-order valence-electron chi connectivity index (χ2n) is 16.9. The molecule has 61 heavy (non-hydrogen) atoms. The van der Waals surface area contributed by atoms with E-state index in [4.69, 9.17) is 8.83 Å². The van der Waals surface area contributed by atoms with Crippen LogP contribution in [0.25, 0.3) is 65.4 Å². The van der Waals surface area contributed by atoms with Crippen LogP contribution in [0, 0.1) is 48.5 Å². The standard InChI is InChI=1S/C57H46N2O2/c1-33-14-8-10-20-49(33)58(55-35(3)16-12-17-36(55)4)44-24-22-40-28-46-47-32-53-54(39(7)57(47)61-51(46)30-42(40)26-44)48-29-41-23-25-45(27-43(41)31-52(48)60-53)59(50-21-11-9-15-34(50)2)56-37(5)18-13-19-38(56)6/h8-32H,1-7H3. The summed E-state index contributed by atoms with van der Waals surface area (Å²) in [6.07, 6.45) is 0. The minimum Gasteiger partial charge on any atom is -0.456 e. The largest absolute Gasteiger partial charge is 0.456 e. The van der Waals surface area contributed by atoms with Crippen molar-refractivity contribution in [3.05, 3.63) is 191 Å². The summed E-state index contributed by atoms with van der Waals surface area (Å²) >= 11 is 0. The Labute approximate surface area is 355 Å². The lowest BCUT2D eigenvalue weighted by molar-refractivity contribution is 0.662. The van der Waals surface area contributed by atoms with Crippen LogP contribution in [0.3, 0.4) is 0 Å². The third kappa shape index (κ3) is 5.81. The summed E-state index contributed by atoms with van der Waals surface area (Å²) in [6.45, 7) is 15.3. The molecule has 0 atom stereocenters. The number of benzene rings is 9. The van der Waals surface area contributed by atoms with Gasteiger partial charge in [-0.3, -0.25) is 0 Å². The van der Waals surface area contributed by atoms with Gasteiger partial charge in [-0.2, -0.15) is 0 Å². The number of nitrogens with zero attached hydrogens (tertiary/aromatic N) is 2. The van der Waals surface area contributed by atoms with Gasteiger partial charge < -0.3 is 18.6 Å². The third-order valence-corrected chi connectivity index (χ3v) is 12.9. The molecule has 11 rings (SSSR count). The monoisotopic (exact) mass is 790 g/mol. The van der Waals surface area contributed by atoms with E-state index in [2.05, 4.69) is 210 Å². The van der Waals surface area contributed by atoms with Gasteiger partial charge >= 0.3 is 0 Å². The molecule has 2 heterocycles. The van der Waals surface area contributed by atoms with E-state index in [1.165, 1.54) is 56.1 Å². The number of anilines is 6. The Morgan fingerprint density at radius 1 is 0.344 bits per heavy atom. The molecule has 0 bridgehead atoms. The van der Waals surface area contributed by atoms with E-state index in [9.17, 15) is 0 Å². The average molecular weight is 791 g/mol. The van der Waals surface area contributed by atoms with Crippen LogP contribution in [-0.4, -0.2) is 0 Å². The van der Waals surface area contributed by atoms with E-state index < -0.39 is 0 Å². The molecule has 0 N–H and O–H groups in total. The first-order valence-electron chi connectivity index (χ1n) is 21.2. The van der Waals surface area contributed by atoms with Gasteiger partial charge in [-0.25, -0.2) is 0 Å². The molecule has 0 spiro atoms. The van der Waals surface area contributed by atoms with Crippen molar-refractivity contribution in [3.8, 4) is 0 Å². The van der Waals surface area contributed by atoms with Gasteiger partial charge in [0.2, 0.25) is 0 Å². The molecule has 0 fully saturated rings. The highest BCUT2D eigenvalue weighted by Gasteiger charge is 2.23. The molecule has 9 aromatic carbocycles. The number of para-hydroxylation sites is 4. The topological polar surface area (TPSA) is 32.8 Å². The third-order valence-electron chi connectivity index (χ3n) is 12.9. The molecule has 0 saturated carbocycles. The van der Waals surface area contributed by atoms with Gasteiger partial charge in [-0.05, 0) is 170 Å². The fourth-order valence-electron chi connectivity index (χ4n) is 9.85. The number of rotatable bonds is 6. The summed E-state index contributed by atoms with van der Waals surface area (Å²) in [5.74, 6) is 0. The molecule has 296 valence electrons. The van der Waals surface area contributed by atoms with Crippen molar-refractivity contribution in [1.29, 1.82) is 0 Å². The summed E-state index contributed by atoms with van der Waals surface area (Å²) in [6, 6.07) is 55.0. The molecule has 0 aliphatic heterocycles. The Balaban J connectivity index is 1.04. The summed E-state index contributed by atoms with van der Waals surface area (Å²) < 4.78 is 13.6. The lowest BCUT2D eigenvalue weighted by atomic mass is 9.99. The first-order chi connectivity index (χ1) is 29.6. The van der Waals surface area contributed by atoms with Gasteiger partial charge in [0.1, 0.15) is 22.3 Å². The van der Waals surface area contributed by atoms with Crippen LogP contribution in [0.15, 0.2) is 160 Å².